The van der Waals surface area contributed by atoms with E-state index in [0.29, 0.717) is 13.0 Å². The number of benzene rings is 1. The van der Waals surface area contributed by atoms with Gasteiger partial charge in [-0.1, -0.05) is 24.3 Å². The van der Waals surface area contributed by atoms with Crippen molar-refractivity contribution in [3.63, 3.8) is 0 Å². The van der Waals surface area contributed by atoms with E-state index in [-0.39, 0.29) is 6.42 Å². The molecule has 0 unspecified atom stereocenters. The molecule has 0 radical (unpaired) electrons. The molecule has 0 spiro atoms. The molecule has 0 fully saturated rings. The number of aliphatic carboxylic acids is 1. The summed E-state index contributed by atoms with van der Waals surface area (Å²) in [5.41, 5.74) is 2.12. The lowest BCUT2D eigenvalue weighted by atomic mass is 10.1. The van der Waals surface area contributed by atoms with Gasteiger partial charge in [0.1, 0.15) is 0 Å². The maximum Gasteiger partial charge on any atom is 0.303 e. The Balaban J connectivity index is 2.06. The lowest BCUT2D eigenvalue weighted by Crippen LogP contribution is -2.05. The largest absolute Gasteiger partial charge is 0.481 e. The van der Waals surface area contributed by atoms with Crippen LogP contribution < -0.4 is 0 Å². The number of carbonyl (C=O) groups is 1. The lowest BCUT2D eigenvalue weighted by Gasteiger charge is -2.06. The third-order valence-corrected chi connectivity index (χ3v) is 2.93. The van der Waals surface area contributed by atoms with E-state index < -0.39 is 5.97 Å². The Morgan fingerprint density at radius 3 is 2.84 bits per heavy atom. The van der Waals surface area contributed by atoms with Crippen molar-refractivity contribution >= 4 is 5.97 Å². The molecule has 1 aromatic heterocycles. The first-order valence-corrected chi connectivity index (χ1v) is 6.22. The number of aromatic nitrogens is 4. The van der Waals surface area contributed by atoms with Crippen LogP contribution in [0, 0.1) is 6.92 Å². The molecule has 2 aromatic rings. The quantitative estimate of drug-likeness (QED) is 0.802. The number of unbranched alkanes of at least 4 members (excludes halogenated alkanes) is 1. The van der Waals surface area contributed by atoms with Crippen molar-refractivity contribution in [1.29, 1.82) is 0 Å². The molecule has 0 atom stereocenters. The highest BCUT2D eigenvalue weighted by molar-refractivity contribution is 5.66. The zero-order valence-corrected chi connectivity index (χ0v) is 10.8. The molecule has 0 bridgehead atoms. The highest BCUT2D eigenvalue weighted by Crippen LogP contribution is 2.20. The van der Waals surface area contributed by atoms with Crippen LogP contribution in [0.4, 0.5) is 0 Å². The summed E-state index contributed by atoms with van der Waals surface area (Å²) in [6, 6.07) is 7.92. The topological polar surface area (TPSA) is 80.9 Å². The monoisotopic (exact) mass is 260 g/mol. The van der Waals surface area contributed by atoms with Crippen LogP contribution in [0.2, 0.25) is 0 Å². The van der Waals surface area contributed by atoms with Crippen LogP contribution in [0.5, 0.6) is 0 Å². The average molecular weight is 260 g/mol. The molecule has 0 saturated heterocycles. The highest BCUT2D eigenvalue weighted by atomic mass is 16.4. The van der Waals surface area contributed by atoms with Crippen molar-refractivity contribution in [1.82, 2.24) is 20.2 Å². The van der Waals surface area contributed by atoms with Gasteiger partial charge in [0.25, 0.3) is 0 Å². The molecular weight excluding hydrogens is 244 g/mol. The van der Waals surface area contributed by atoms with Crippen LogP contribution in [0.25, 0.3) is 11.4 Å². The Bertz CT molecular complexity index is 565. The molecule has 100 valence electrons. The maximum atomic E-state index is 10.4. The van der Waals surface area contributed by atoms with Crippen LogP contribution in [-0.2, 0) is 11.3 Å². The number of hydrogen-bond donors (Lipinski definition) is 1. The molecule has 19 heavy (non-hydrogen) atoms. The van der Waals surface area contributed by atoms with E-state index in [1.165, 1.54) is 0 Å². The van der Waals surface area contributed by atoms with Gasteiger partial charge in [-0.2, -0.15) is 0 Å². The van der Waals surface area contributed by atoms with Crippen LogP contribution in [0.1, 0.15) is 24.8 Å². The summed E-state index contributed by atoms with van der Waals surface area (Å²) in [4.78, 5) is 10.4. The number of carboxylic acid groups (broad SMARTS) is 1. The number of nitrogens with zero attached hydrogens (tertiary/aromatic N) is 4. The predicted molar refractivity (Wildman–Crippen MR) is 69.5 cm³/mol. The second-order valence-electron chi connectivity index (χ2n) is 4.39. The molecule has 6 heteroatoms. The van der Waals surface area contributed by atoms with E-state index in [2.05, 4.69) is 15.5 Å². The van der Waals surface area contributed by atoms with Gasteiger partial charge in [0.05, 0.1) is 0 Å². The molecule has 0 aliphatic heterocycles. The van der Waals surface area contributed by atoms with Crippen molar-refractivity contribution in [2.24, 2.45) is 0 Å². The summed E-state index contributed by atoms with van der Waals surface area (Å²) in [5, 5.41) is 20.3. The Labute approximate surface area is 111 Å². The van der Waals surface area contributed by atoms with Gasteiger partial charge in [-0.3, -0.25) is 4.79 Å². The molecule has 1 N–H and O–H groups in total. The minimum absolute atomic E-state index is 0.182. The molecule has 1 heterocycles. The number of rotatable bonds is 6. The molecule has 0 saturated carbocycles. The molecule has 0 aliphatic carbocycles. The number of hydrogen-bond acceptors (Lipinski definition) is 4. The van der Waals surface area contributed by atoms with E-state index in [1.54, 1.807) is 4.68 Å². The molecule has 2 rings (SSSR count). The Kier molecular flexibility index (Phi) is 4.22. The van der Waals surface area contributed by atoms with Crippen molar-refractivity contribution in [3.8, 4) is 11.4 Å². The number of carboxylic acids is 1. The van der Waals surface area contributed by atoms with Gasteiger partial charge in [-0.25, -0.2) is 4.68 Å². The van der Waals surface area contributed by atoms with Crippen LogP contribution in [0.3, 0.4) is 0 Å². The van der Waals surface area contributed by atoms with E-state index in [9.17, 15) is 4.79 Å². The average Bonchev–Trinajstić information content (AvgIpc) is 2.83. The molecular formula is C13H16N4O2. The molecule has 0 amide bonds. The Morgan fingerprint density at radius 1 is 1.32 bits per heavy atom. The fraction of sp³-hybridized carbons (Fsp3) is 0.385. The minimum Gasteiger partial charge on any atom is -0.481 e. The van der Waals surface area contributed by atoms with Gasteiger partial charge in [0.2, 0.25) is 0 Å². The standard InChI is InChI=1S/C13H16N4O2/c1-10-6-2-3-7-11(10)13-14-15-16-17(13)9-5-4-8-12(18)19/h2-3,6-7H,4-5,8-9H2,1H3,(H,18,19). The van der Waals surface area contributed by atoms with Crippen molar-refractivity contribution in [2.75, 3.05) is 0 Å². The zero-order chi connectivity index (χ0) is 13.7. The van der Waals surface area contributed by atoms with Gasteiger partial charge in [-0.05, 0) is 35.8 Å². The number of aryl methyl sites for hydroxylation is 2. The second-order valence-corrected chi connectivity index (χ2v) is 4.39. The van der Waals surface area contributed by atoms with E-state index >= 15 is 0 Å². The van der Waals surface area contributed by atoms with Crippen molar-refractivity contribution in [3.05, 3.63) is 29.8 Å². The van der Waals surface area contributed by atoms with E-state index in [1.807, 2.05) is 31.2 Å². The Hall–Kier alpha value is -2.24. The van der Waals surface area contributed by atoms with Gasteiger partial charge in [0.15, 0.2) is 5.82 Å². The smallest absolute Gasteiger partial charge is 0.303 e. The first kappa shape index (κ1) is 13.2. The van der Waals surface area contributed by atoms with E-state index in [4.69, 9.17) is 5.11 Å². The minimum atomic E-state index is -0.768. The first-order valence-electron chi connectivity index (χ1n) is 6.22. The second kappa shape index (κ2) is 6.08. The Morgan fingerprint density at radius 2 is 2.11 bits per heavy atom. The fourth-order valence-corrected chi connectivity index (χ4v) is 1.91. The van der Waals surface area contributed by atoms with Crippen molar-refractivity contribution in [2.45, 2.75) is 32.7 Å². The van der Waals surface area contributed by atoms with Gasteiger partial charge in [0, 0.05) is 18.5 Å². The van der Waals surface area contributed by atoms with Crippen LogP contribution in [-0.4, -0.2) is 31.3 Å². The summed E-state index contributed by atoms with van der Waals surface area (Å²) < 4.78 is 1.73. The van der Waals surface area contributed by atoms with Gasteiger partial charge >= 0.3 is 5.97 Å². The third-order valence-electron chi connectivity index (χ3n) is 2.93. The SMILES string of the molecule is Cc1ccccc1-c1nnnn1CCCCC(=O)O. The van der Waals surface area contributed by atoms with Crippen LogP contribution >= 0.6 is 0 Å². The van der Waals surface area contributed by atoms with Crippen LogP contribution in [0.15, 0.2) is 24.3 Å². The third kappa shape index (κ3) is 3.37. The zero-order valence-electron chi connectivity index (χ0n) is 10.8. The fourth-order valence-electron chi connectivity index (χ4n) is 1.91. The first-order chi connectivity index (χ1) is 9.18. The molecule has 0 aliphatic rings. The lowest BCUT2D eigenvalue weighted by molar-refractivity contribution is -0.137. The predicted octanol–water partition coefficient (Wildman–Crippen LogP) is 1.90. The normalized spacial score (nSPS) is 10.6. The van der Waals surface area contributed by atoms with E-state index in [0.717, 1.165) is 23.4 Å². The summed E-state index contributed by atoms with van der Waals surface area (Å²) in [5.74, 6) is -0.0377. The summed E-state index contributed by atoms with van der Waals surface area (Å²) in [7, 11) is 0. The highest BCUT2D eigenvalue weighted by Gasteiger charge is 2.10. The van der Waals surface area contributed by atoms with Gasteiger partial charge < -0.3 is 5.11 Å². The summed E-state index contributed by atoms with van der Waals surface area (Å²) in [6.07, 6.45) is 1.56. The molecule has 6 nitrogen and oxygen atoms in total. The maximum absolute atomic E-state index is 10.4. The summed E-state index contributed by atoms with van der Waals surface area (Å²) in [6.45, 7) is 2.64. The van der Waals surface area contributed by atoms with Gasteiger partial charge in [-0.15, -0.1) is 5.10 Å². The van der Waals surface area contributed by atoms with Crippen molar-refractivity contribution < 1.29 is 9.90 Å². The number of tetrazole rings is 1. The molecule has 1 aromatic carbocycles. The summed E-state index contributed by atoms with van der Waals surface area (Å²) >= 11 is 0.